The van der Waals surface area contributed by atoms with Gasteiger partial charge in [0, 0.05) is 25.5 Å². The molecule has 1 heterocycles. The Morgan fingerprint density at radius 3 is 2.65 bits per heavy atom. The first-order chi connectivity index (χ1) is 9.56. The number of hydrogen-bond donors (Lipinski definition) is 1. The van der Waals surface area contributed by atoms with E-state index in [1.807, 2.05) is 0 Å². The molecule has 0 bridgehead atoms. The molecule has 2 rings (SSSR count). The van der Waals surface area contributed by atoms with Gasteiger partial charge in [0.1, 0.15) is 5.82 Å². The van der Waals surface area contributed by atoms with Crippen molar-refractivity contribution < 1.29 is 4.39 Å². The van der Waals surface area contributed by atoms with Gasteiger partial charge in [-0.05, 0) is 23.6 Å². The summed E-state index contributed by atoms with van der Waals surface area (Å²) in [5.41, 5.74) is 0.759. The molecule has 0 atom stereocenters. The number of nitrogens with zero attached hydrogens (tertiary/aromatic N) is 2. The molecule has 0 unspecified atom stereocenters. The first-order valence-electron chi connectivity index (χ1n) is 6.60. The van der Waals surface area contributed by atoms with E-state index in [0.29, 0.717) is 24.8 Å². The predicted molar refractivity (Wildman–Crippen MR) is 77.1 cm³/mol. The van der Waals surface area contributed by atoms with Gasteiger partial charge in [-0.25, -0.2) is 9.37 Å². The molecule has 0 saturated carbocycles. The van der Waals surface area contributed by atoms with Crippen molar-refractivity contribution in [2.24, 2.45) is 5.92 Å². The molecule has 0 aliphatic carbocycles. The van der Waals surface area contributed by atoms with E-state index in [2.05, 4.69) is 24.1 Å². The lowest BCUT2D eigenvalue weighted by molar-refractivity contribution is 0.509. The molecule has 5 heteroatoms. The van der Waals surface area contributed by atoms with Gasteiger partial charge < -0.3 is 9.88 Å². The quantitative estimate of drug-likeness (QED) is 0.912. The summed E-state index contributed by atoms with van der Waals surface area (Å²) in [5, 5.41) is 3.00. The zero-order chi connectivity index (χ0) is 14.5. The minimum atomic E-state index is -0.272. The summed E-state index contributed by atoms with van der Waals surface area (Å²) in [6, 6.07) is 6.15. The lowest BCUT2D eigenvalue weighted by Crippen LogP contribution is -2.25. The molecule has 0 amide bonds. The first kappa shape index (κ1) is 14.2. The normalized spacial score (nSPS) is 10.8. The SMILES string of the molecule is CC(C)Cn1ccnc(NCc2ccc(F)cc2)c1=O. The summed E-state index contributed by atoms with van der Waals surface area (Å²) < 4.78 is 14.4. The van der Waals surface area contributed by atoms with Crippen molar-refractivity contribution in [1.29, 1.82) is 0 Å². The zero-order valence-corrected chi connectivity index (χ0v) is 11.6. The monoisotopic (exact) mass is 275 g/mol. The van der Waals surface area contributed by atoms with Crippen LogP contribution in [0.2, 0.25) is 0 Å². The van der Waals surface area contributed by atoms with E-state index in [9.17, 15) is 9.18 Å². The molecule has 0 aliphatic heterocycles. The van der Waals surface area contributed by atoms with Crippen LogP contribution in [0.4, 0.5) is 10.2 Å². The van der Waals surface area contributed by atoms with Crippen LogP contribution in [0.5, 0.6) is 0 Å². The van der Waals surface area contributed by atoms with Crippen molar-refractivity contribution in [2.45, 2.75) is 26.9 Å². The van der Waals surface area contributed by atoms with Crippen LogP contribution < -0.4 is 10.9 Å². The molecule has 1 N–H and O–H groups in total. The number of nitrogens with one attached hydrogen (secondary N) is 1. The standard InChI is InChI=1S/C15H18FN3O/c1-11(2)10-19-8-7-17-14(15(19)20)18-9-12-3-5-13(16)6-4-12/h3-8,11H,9-10H2,1-2H3,(H,17,18). The van der Waals surface area contributed by atoms with Crippen LogP contribution in [0.15, 0.2) is 41.5 Å². The smallest absolute Gasteiger partial charge is 0.293 e. The topological polar surface area (TPSA) is 46.9 Å². The maximum Gasteiger partial charge on any atom is 0.293 e. The van der Waals surface area contributed by atoms with E-state index in [4.69, 9.17) is 0 Å². The van der Waals surface area contributed by atoms with Crippen LogP contribution in [0.25, 0.3) is 0 Å². The minimum Gasteiger partial charge on any atom is -0.361 e. The summed E-state index contributed by atoms with van der Waals surface area (Å²) in [6.45, 7) is 5.21. The van der Waals surface area contributed by atoms with Gasteiger partial charge in [-0.15, -0.1) is 0 Å². The molecule has 1 aromatic heterocycles. The predicted octanol–water partition coefficient (Wildman–Crippen LogP) is 2.65. The fraction of sp³-hybridized carbons (Fsp3) is 0.333. The van der Waals surface area contributed by atoms with E-state index < -0.39 is 0 Å². The van der Waals surface area contributed by atoms with Crippen LogP contribution >= 0.6 is 0 Å². The highest BCUT2D eigenvalue weighted by atomic mass is 19.1. The van der Waals surface area contributed by atoms with Crippen molar-refractivity contribution in [3.8, 4) is 0 Å². The number of benzene rings is 1. The van der Waals surface area contributed by atoms with Gasteiger partial charge in [0.2, 0.25) is 0 Å². The largest absolute Gasteiger partial charge is 0.361 e. The van der Waals surface area contributed by atoms with Crippen LogP contribution in [-0.2, 0) is 13.1 Å². The summed E-state index contributed by atoms with van der Waals surface area (Å²) in [6.07, 6.45) is 3.29. The molecule has 4 nitrogen and oxygen atoms in total. The number of halogens is 1. The highest BCUT2D eigenvalue weighted by Gasteiger charge is 2.05. The summed E-state index contributed by atoms with van der Waals surface area (Å²) in [4.78, 5) is 16.2. The Labute approximate surface area is 117 Å². The molecule has 0 saturated heterocycles. The molecule has 0 aliphatic rings. The molecule has 2 aromatic rings. The maximum atomic E-state index is 12.8. The Kier molecular flexibility index (Phi) is 4.50. The van der Waals surface area contributed by atoms with Gasteiger partial charge in [-0.1, -0.05) is 26.0 Å². The molecule has 1 aromatic carbocycles. The highest BCUT2D eigenvalue weighted by molar-refractivity contribution is 5.32. The van der Waals surface area contributed by atoms with E-state index in [-0.39, 0.29) is 11.4 Å². The van der Waals surface area contributed by atoms with E-state index in [1.165, 1.54) is 12.1 Å². The van der Waals surface area contributed by atoms with Crippen molar-refractivity contribution in [1.82, 2.24) is 9.55 Å². The molecule has 20 heavy (non-hydrogen) atoms. The van der Waals surface area contributed by atoms with Gasteiger partial charge >= 0.3 is 0 Å². The van der Waals surface area contributed by atoms with Gasteiger partial charge in [-0.3, -0.25) is 4.79 Å². The number of aromatic nitrogens is 2. The third-order valence-electron chi connectivity index (χ3n) is 2.85. The Morgan fingerprint density at radius 2 is 2.00 bits per heavy atom. The highest BCUT2D eigenvalue weighted by Crippen LogP contribution is 2.05. The number of rotatable bonds is 5. The van der Waals surface area contributed by atoms with Crippen LogP contribution in [0.3, 0.4) is 0 Å². The first-order valence-corrected chi connectivity index (χ1v) is 6.60. The fourth-order valence-corrected chi connectivity index (χ4v) is 1.89. The van der Waals surface area contributed by atoms with Crippen LogP contribution in [0.1, 0.15) is 19.4 Å². The van der Waals surface area contributed by atoms with Crippen LogP contribution in [-0.4, -0.2) is 9.55 Å². The zero-order valence-electron chi connectivity index (χ0n) is 11.6. The van der Waals surface area contributed by atoms with Gasteiger partial charge in [0.25, 0.3) is 5.56 Å². The second-order valence-corrected chi connectivity index (χ2v) is 5.11. The Morgan fingerprint density at radius 1 is 1.30 bits per heavy atom. The third kappa shape index (κ3) is 3.66. The van der Waals surface area contributed by atoms with E-state index in [1.54, 1.807) is 29.1 Å². The summed E-state index contributed by atoms with van der Waals surface area (Å²) in [7, 11) is 0. The number of hydrogen-bond acceptors (Lipinski definition) is 3. The Balaban J connectivity index is 2.10. The second-order valence-electron chi connectivity index (χ2n) is 5.11. The summed E-state index contributed by atoms with van der Waals surface area (Å²) in [5.74, 6) is 0.434. The minimum absolute atomic E-state index is 0.136. The maximum absolute atomic E-state index is 12.8. The Hall–Kier alpha value is -2.17. The second kappa shape index (κ2) is 6.32. The van der Waals surface area contributed by atoms with Gasteiger partial charge in [0.05, 0.1) is 0 Å². The van der Waals surface area contributed by atoms with Crippen molar-refractivity contribution in [3.05, 3.63) is 58.4 Å². The average Bonchev–Trinajstić information content (AvgIpc) is 2.41. The molecule has 106 valence electrons. The van der Waals surface area contributed by atoms with E-state index in [0.717, 1.165) is 5.56 Å². The van der Waals surface area contributed by atoms with Gasteiger partial charge in [0.15, 0.2) is 5.82 Å². The molecule has 0 radical (unpaired) electrons. The van der Waals surface area contributed by atoms with Gasteiger partial charge in [-0.2, -0.15) is 0 Å². The lowest BCUT2D eigenvalue weighted by Gasteiger charge is -2.10. The van der Waals surface area contributed by atoms with Crippen molar-refractivity contribution in [2.75, 3.05) is 5.32 Å². The number of anilines is 1. The van der Waals surface area contributed by atoms with Crippen molar-refractivity contribution >= 4 is 5.82 Å². The fourth-order valence-electron chi connectivity index (χ4n) is 1.89. The molecular formula is C15H18FN3O. The van der Waals surface area contributed by atoms with Crippen molar-refractivity contribution in [3.63, 3.8) is 0 Å². The third-order valence-corrected chi connectivity index (χ3v) is 2.85. The van der Waals surface area contributed by atoms with Crippen LogP contribution in [0, 0.1) is 11.7 Å². The molecule has 0 fully saturated rings. The average molecular weight is 275 g/mol. The lowest BCUT2D eigenvalue weighted by atomic mass is 10.2. The Bertz CT molecular complexity index is 620. The summed E-state index contributed by atoms with van der Waals surface area (Å²) >= 11 is 0. The molecule has 0 spiro atoms. The molecular weight excluding hydrogens is 257 g/mol. The van der Waals surface area contributed by atoms with E-state index >= 15 is 0 Å².